The predicted octanol–water partition coefficient (Wildman–Crippen LogP) is 5.04. The van der Waals surface area contributed by atoms with Gasteiger partial charge in [-0.15, -0.1) is 0 Å². The fourth-order valence-electron chi connectivity index (χ4n) is 2.62. The minimum absolute atomic E-state index is 0.0607. The van der Waals surface area contributed by atoms with Crippen LogP contribution >= 0.6 is 0 Å². The highest BCUT2D eigenvalue weighted by molar-refractivity contribution is 5.83. The molecule has 124 valence electrons. The molecule has 0 aliphatic carbocycles. The lowest BCUT2D eigenvalue weighted by atomic mass is 9.93. The second-order valence-electron chi connectivity index (χ2n) is 5.23. The first-order chi connectivity index (χ1) is 12.0. The van der Waals surface area contributed by atoms with Gasteiger partial charge in [-0.05, 0) is 29.8 Å². The van der Waals surface area contributed by atoms with E-state index in [-0.39, 0.29) is 28.8 Å². The predicted molar refractivity (Wildman–Crippen MR) is 84.3 cm³/mol. The van der Waals surface area contributed by atoms with Crippen LogP contribution < -0.4 is 0 Å². The number of hydrogen-bond donors (Lipinski definition) is 0. The standard InChI is InChI=1S/C19H10F4N2/c20-14-5-1-3-12(17(14)22)16-11(7-9-24)8-10-25-19(16)13-4-2-6-15(21)18(13)23/h1-6,8,10H,7H2. The molecular formula is C19H10F4N2. The molecule has 0 radical (unpaired) electrons. The lowest BCUT2D eigenvalue weighted by Crippen LogP contribution is -2.01. The highest BCUT2D eigenvalue weighted by Crippen LogP contribution is 2.37. The van der Waals surface area contributed by atoms with Gasteiger partial charge in [-0.2, -0.15) is 5.26 Å². The summed E-state index contributed by atoms with van der Waals surface area (Å²) in [6.45, 7) is 0. The zero-order valence-corrected chi connectivity index (χ0v) is 12.7. The van der Waals surface area contributed by atoms with Gasteiger partial charge in [0.2, 0.25) is 0 Å². The van der Waals surface area contributed by atoms with Crippen molar-refractivity contribution in [2.45, 2.75) is 6.42 Å². The molecule has 0 bridgehead atoms. The van der Waals surface area contributed by atoms with Crippen LogP contribution in [-0.4, -0.2) is 4.98 Å². The van der Waals surface area contributed by atoms with E-state index >= 15 is 0 Å². The molecular weight excluding hydrogens is 332 g/mol. The van der Waals surface area contributed by atoms with Crippen molar-refractivity contribution in [3.63, 3.8) is 0 Å². The molecule has 0 saturated carbocycles. The average Bonchev–Trinajstić information content (AvgIpc) is 2.60. The first-order valence-electron chi connectivity index (χ1n) is 7.28. The van der Waals surface area contributed by atoms with Gasteiger partial charge in [0.05, 0.1) is 18.2 Å². The number of aromatic nitrogens is 1. The van der Waals surface area contributed by atoms with Gasteiger partial charge < -0.3 is 0 Å². The summed E-state index contributed by atoms with van der Waals surface area (Å²) >= 11 is 0. The van der Waals surface area contributed by atoms with Gasteiger partial charge >= 0.3 is 0 Å². The fourth-order valence-corrected chi connectivity index (χ4v) is 2.62. The Morgan fingerprint density at radius 2 is 1.44 bits per heavy atom. The molecule has 1 heterocycles. The van der Waals surface area contributed by atoms with Gasteiger partial charge in [-0.1, -0.05) is 18.2 Å². The molecule has 0 saturated heterocycles. The highest BCUT2D eigenvalue weighted by Gasteiger charge is 2.21. The third kappa shape index (κ3) is 2.96. The molecule has 0 N–H and O–H groups in total. The first-order valence-corrected chi connectivity index (χ1v) is 7.28. The van der Waals surface area contributed by atoms with Gasteiger partial charge in [0.1, 0.15) is 0 Å². The minimum atomic E-state index is -1.15. The van der Waals surface area contributed by atoms with Gasteiger partial charge in [0.25, 0.3) is 0 Å². The van der Waals surface area contributed by atoms with Crippen molar-refractivity contribution in [1.82, 2.24) is 4.98 Å². The van der Waals surface area contributed by atoms with Gasteiger partial charge in [0.15, 0.2) is 23.3 Å². The second-order valence-corrected chi connectivity index (χ2v) is 5.23. The molecule has 3 rings (SSSR count). The quantitative estimate of drug-likeness (QED) is 0.626. The molecule has 0 aliphatic rings. The van der Waals surface area contributed by atoms with E-state index in [0.717, 1.165) is 12.1 Å². The maximum Gasteiger partial charge on any atom is 0.168 e. The van der Waals surface area contributed by atoms with E-state index in [1.54, 1.807) is 0 Å². The molecule has 6 heteroatoms. The molecule has 0 aliphatic heterocycles. The van der Waals surface area contributed by atoms with E-state index in [1.807, 2.05) is 6.07 Å². The number of benzene rings is 2. The van der Waals surface area contributed by atoms with Crippen molar-refractivity contribution in [2.75, 3.05) is 0 Å². The Balaban J connectivity index is 2.38. The molecule has 0 fully saturated rings. The molecule has 3 aromatic rings. The van der Waals surface area contributed by atoms with E-state index in [2.05, 4.69) is 4.98 Å². The molecule has 0 spiro atoms. The summed E-state index contributed by atoms with van der Waals surface area (Å²) < 4.78 is 55.8. The third-order valence-electron chi connectivity index (χ3n) is 3.73. The van der Waals surface area contributed by atoms with Crippen molar-refractivity contribution in [1.29, 1.82) is 5.26 Å². The van der Waals surface area contributed by atoms with Crippen molar-refractivity contribution in [3.8, 4) is 28.5 Å². The van der Waals surface area contributed by atoms with Crippen molar-refractivity contribution < 1.29 is 17.6 Å². The minimum Gasteiger partial charge on any atom is -0.255 e. The lowest BCUT2D eigenvalue weighted by Gasteiger charge is -2.14. The van der Waals surface area contributed by atoms with Crippen LogP contribution in [0.4, 0.5) is 17.6 Å². The summed E-state index contributed by atoms with van der Waals surface area (Å²) in [6.07, 6.45) is 1.19. The fraction of sp³-hybridized carbons (Fsp3) is 0.0526. The summed E-state index contributed by atoms with van der Waals surface area (Å²) in [5.74, 6) is -4.47. The van der Waals surface area contributed by atoms with Crippen LogP contribution in [-0.2, 0) is 6.42 Å². The average molecular weight is 342 g/mol. The third-order valence-corrected chi connectivity index (χ3v) is 3.73. The van der Waals surface area contributed by atoms with E-state index < -0.39 is 23.3 Å². The zero-order valence-electron chi connectivity index (χ0n) is 12.7. The second kappa shape index (κ2) is 6.73. The normalized spacial score (nSPS) is 10.5. The van der Waals surface area contributed by atoms with E-state index in [4.69, 9.17) is 5.26 Å². The van der Waals surface area contributed by atoms with E-state index in [9.17, 15) is 17.6 Å². The molecule has 0 atom stereocenters. The Hall–Kier alpha value is -3.20. The molecule has 0 amide bonds. The lowest BCUT2D eigenvalue weighted by molar-refractivity contribution is 0.510. The van der Waals surface area contributed by atoms with Crippen molar-refractivity contribution in [2.24, 2.45) is 0 Å². The Kier molecular flexibility index (Phi) is 4.48. The Morgan fingerprint density at radius 1 is 0.840 bits per heavy atom. The summed E-state index contributed by atoms with van der Waals surface area (Å²) in [5.41, 5.74) is -0.0316. The van der Waals surface area contributed by atoms with Crippen LogP contribution in [0.2, 0.25) is 0 Å². The smallest absolute Gasteiger partial charge is 0.168 e. The largest absolute Gasteiger partial charge is 0.255 e. The van der Waals surface area contributed by atoms with Crippen LogP contribution in [0.3, 0.4) is 0 Å². The number of nitrogens with zero attached hydrogens (tertiary/aromatic N) is 2. The molecule has 1 aromatic heterocycles. The molecule has 2 aromatic carbocycles. The van der Waals surface area contributed by atoms with Gasteiger partial charge in [-0.25, -0.2) is 17.6 Å². The van der Waals surface area contributed by atoms with E-state index in [0.29, 0.717) is 5.56 Å². The van der Waals surface area contributed by atoms with Crippen molar-refractivity contribution >= 4 is 0 Å². The van der Waals surface area contributed by atoms with Gasteiger partial charge in [0, 0.05) is 22.9 Å². The first kappa shape index (κ1) is 16.7. The Bertz CT molecular complexity index is 993. The summed E-state index contributed by atoms with van der Waals surface area (Å²) in [6, 6.07) is 10.4. The Labute approximate surface area is 141 Å². The van der Waals surface area contributed by atoms with Crippen LogP contribution in [0, 0.1) is 34.6 Å². The topological polar surface area (TPSA) is 36.7 Å². The summed E-state index contributed by atoms with van der Waals surface area (Å²) in [4.78, 5) is 4.04. The number of rotatable bonds is 3. The number of pyridine rings is 1. The SMILES string of the molecule is N#CCc1ccnc(-c2cccc(F)c2F)c1-c1cccc(F)c1F. The summed E-state index contributed by atoms with van der Waals surface area (Å²) in [7, 11) is 0. The maximum absolute atomic E-state index is 14.3. The van der Waals surface area contributed by atoms with E-state index in [1.165, 1.54) is 36.5 Å². The van der Waals surface area contributed by atoms with Gasteiger partial charge in [-0.3, -0.25) is 4.98 Å². The molecule has 25 heavy (non-hydrogen) atoms. The summed E-state index contributed by atoms with van der Waals surface area (Å²) in [5, 5.41) is 9.00. The molecule has 2 nitrogen and oxygen atoms in total. The number of hydrogen-bond acceptors (Lipinski definition) is 2. The number of nitriles is 1. The molecule has 0 unspecified atom stereocenters. The van der Waals surface area contributed by atoms with Crippen LogP contribution in [0.5, 0.6) is 0 Å². The highest BCUT2D eigenvalue weighted by atomic mass is 19.2. The monoisotopic (exact) mass is 342 g/mol. The zero-order chi connectivity index (χ0) is 18.0. The maximum atomic E-state index is 14.3. The van der Waals surface area contributed by atoms with Crippen LogP contribution in [0.25, 0.3) is 22.4 Å². The van der Waals surface area contributed by atoms with Crippen LogP contribution in [0.15, 0.2) is 48.7 Å². The number of halogens is 4. The van der Waals surface area contributed by atoms with Crippen LogP contribution in [0.1, 0.15) is 5.56 Å². The Morgan fingerprint density at radius 3 is 2.08 bits per heavy atom. The van der Waals surface area contributed by atoms with Crippen molar-refractivity contribution in [3.05, 3.63) is 77.5 Å².